The van der Waals surface area contributed by atoms with E-state index < -0.39 is 34.6 Å². The molecule has 4 aromatic carbocycles. The molecule has 6 nitrogen and oxygen atoms in total. The molecule has 0 spiro atoms. The molecule has 0 saturated heterocycles. The van der Waals surface area contributed by atoms with Gasteiger partial charge in [0.25, 0.3) is 0 Å². The summed E-state index contributed by atoms with van der Waals surface area (Å²) in [7, 11) is 0. The van der Waals surface area contributed by atoms with Gasteiger partial charge in [0, 0.05) is 0 Å². The summed E-state index contributed by atoms with van der Waals surface area (Å²) in [5.41, 5.74) is -0.449. The van der Waals surface area contributed by atoms with Crippen molar-refractivity contribution in [2.75, 3.05) is 0 Å². The number of hydrogen-bond donors (Lipinski definition) is 2. The summed E-state index contributed by atoms with van der Waals surface area (Å²) in [5, 5.41) is 46.6. The molecule has 8 heteroatoms. The molecule has 31 heavy (non-hydrogen) atoms. The van der Waals surface area contributed by atoms with Crippen molar-refractivity contribution < 1.29 is 89.1 Å². The van der Waals surface area contributed by atoms with Crippen LogP contribution in [0.3, 0.4) is 0 Å². The average Bonchev–Trinajstić information content (AvgIpc) is 2.69. The van der Waals surface area contributed by atoms with Crippen molar-refractivity contribution in [3.8, 4) is 11.5 Å². The van der Waals surface area contributed by atoms with Crippen molar-refractivity contribution >= 4 is 33.5 Å². The standard InChI is InChI=1S/C23H16O6.2Na/c24-19-10-13-6-2-3-7-14(13)16(20(19)23(28)29)11-17-15-8-4-1-5-12(15)9-18(21(17)25)22(26)27;;/h1-10,24-25H,11H2,(H,26,27)(H,28,29);;/q;2*+1/p-2. The second kappa shape index (κ2) is 10.0. The van der Waals surface area contributed by atoms with Gasteiger partial charge in [0.1, 0.15) is 0 Å². The number of aromatic carboxylic acids is 2. The minimum atomic E-state index is -1.39. The van der Waals surface area contributed by atoms with Gasteiger partial charge in [-0.15, -0.1) is 0 Å². The molecule has 2 N–H and O–H groups in total. The molecular formula is C23H14Na2O6. The third kappa shape index (κ3) is 4.60. The predicted molar refractivity (Wildman–Crippen MR) is 104 cm³/mol. The number of carboxylic acid groups (broad SMARTS) is 2. The summed E-state index contributed by atoms with van der Waals surface area (Å²) >= 11 is 0. The maximum atomic E-state index is 12.9. The Balaban J connectivity index is 0.00000171. The molecule has 0 aliphatic rings. The molecule has 0 amide bonds. The van der Waals surface area contributed by atoms with E-state index in [-0.39, 0.29) is 76.7 Å². The largest absolute Gasteiger partial charge is 1.00 e. The molecule has 0 bridgehead atoms. The van der Waals surface area contributed by atoms with E-state index in [0.29, 0.717) is 21.5 Å². The third-order valence-corrected chi connectivity index (χ3v) is 5.02. The Morgan fingerprint density at radius 3 is 1.81 bits per heavy atom. The average molecular weight is 432 g/mol. The molecule has 144 valence electrons. The summed E-state index contributed by atoms with van der Waals surface area (Å²) in [6.45, 7) is 0. The van der Waals surface area contributed by atoms with Gasteiger partial charge in [-0.2, -0.15) is 0 Å². The van der Waals surface area contributed by atoms with Crippen LogP contribution in [0.1, 0.15) is 31.8 Å². The van der Waals surface area contributed by atoms with Crippen LogP contribution >= 0.6 is 0 Å². The van der Waals surface area contributed by atoms with Crippen LogP contribution in [0.15, 0.2) is 60.7 Å². The molecule has 0 radical (unpaired) electrons. The van der Waals surface area contributed by atoms with E-state index in [2.05, 4.69) is 0 Å². The summed E-state index contributed by atoms with van der Waals surface area (Å²) < 4.78 is 0. The predicted octanol–water partition coefficient (Wildman–Crippen LogP) is -2.86. The van der Waals surface area contributed by atoms with E-state index in [1.54, 1.807) is 48.5 Å². The summed E-state index contributed by atoms with van der Waals surface area (Å²) in [5.74, 6) is -4.09. The van der Waals surface area contributed by atoms with E-state index in [4.69, 9.17) is 0 Å². The van der Waals surface area contributed by atoms with E-state index in [9.17, 15) is 30.0 Å². The Morgan fingerprint density at radius 1 is 0.742 bits per heavy atom. The van der Waals surface area contributed by atoms with Gasteiger partial charge in [-0.05, 0) is 45.2 Å². The van der Waals surface area contributed by atoms with Crippen molar-refractivity contribution in [2.45, 2.75) is 6.42 Å². The smallest absolute Gasteiger partial charge is 0.872 e. The first kappa shape index (κ1) is 25.2. The van der Waals surface area contributed by atoms with Crippen LogP contribution in [0.2, 0.25) is 0 Å². The maximum Gasteiger partial charge on any atom is 1.00 e. The molecule has 0 fully saturated rings. The fourth-order valence-electron chi connectivity index (χ4n) is 3.73. The number of rotatable bonds is 4. The van der Waals surface area contributed by atoms with Crippen molar-refractivity contribution in [2.24, 2.45) is 0 Å². The van der Waals surface area contributed by atoms with Gasteiger partial charge in [-0.3, -0.25) is 0 Å². The van der Waals surface area contributed by atoms with Gasteiger partial charge in [-0.25, -0.2) is 9.59 Å². The van der Waals surface area contributed by atoms with E-state index in [1.807, 2.05) is 0 Å². The van der Waals surface area contributed by atoms with Crippen molar-refractivity contribution in [3.05, 3.63) is 82.9 Å². The van der Waals surface area contributed by atoms with Crippen LogP contribution in [0.4, 0.5) is 0 Å². The summed E-state index contributed by atoms with van der Waals surface area (Å²) in [6.07, 6.45) is -0.168. The molecule has 0 aromatic heterocycles. The summed E-state index contributed by atoms with van der Waals surface area (Å²) in [4.78, 5) is 23.4. The first-order valence-corrected chi connectivity index (χ1v) is 8.78. The second-order valence-electron chi connectivity index (χ2n) is 6.69. The molecule has 0 aliphatic carbocycles. The monoisotopic (exact) mass is 432 g/mol. The Hall–Kier alpha value is -2.06. The molecule has 4 rings (SSSR count). The van der Waals surface area contributed by atoms with Gasteiger partial charge < -0.3 is 20.4 Å². The zero-order chi connectivity index (χ0) is 20.7. The molecule has 0 saturated carbocycles. The van der Waals surface area contributed by atoms with E-state index in [0.717, 1.165) is 0 Å². The molecule has 4 aromatic rings. The molecule has 0 aliphatic heterocycles. The first-order chi connectivity index (χ1) is 13.9. The Kier molecular flexibility index (Phi) is 8.16. The first-order valence-electron chi connectivity index (χ1n) is 8.78. The van der Waals surface area contributed by atoms with Crippen molar-refractivity contribution in [1.29, 1.82) is 0 Å². The van der Waals surface area contributed by atoms with Gasteiger partial charge in [0.05, 0.1) is 11.1 Å². The SMILES string of the molecule is O=C(O)c1cc2ccccc2c(Cc2c(C(=O)O)c([O-])cc3ccccc23)c1[O-].[Na+].[Na+]. The van der Waals surface area contributed by atoms with E-state index >= 15 is 0 Å². The Labute approximate surface area is 221 Å². The topological polar surface area (TPSA) is 121 Å². The third-order valence-electron chi connectivity index (χ3n) is 5.02. The molecule has 0 unspecified atom stereocenters. The Morgan fingerprint density at radius 2 is 1.26 bits per heavy atom. The van der Waals surface area contributed by atoms with Gasteiger partial charge in [-0.1, -0.05) is 66.1 Å². The minimum absolute atomic E-state index is 0. The number of carbonyl (C=O) groups is 2. The van der Waals surface area contributed by atoms with Gasteiger partial charge >= 0.3 is 71.1 Å². The Bertz CT molecular complexity index is 1320. The van der Waals surface area contributed by atoms with Crippen LogP contribution in [-0.4, -0.2) is 22.2 Å². The molecule has 0 heterocycles. The number of benzene rings is 4. The summed E-state index contributed by atoms with van der Waals surface area (Å²) in [6, 6.07) is 16.2. The zero-order valence-electron chi connectivity index (χ0n) is 17.0. The van der Waals surface area contributed by atoms with Crippen LogP contribution in [0.5, 0.6) is 11.5 Å². The fraction of sp³-hybridized carbons (Fsp3) is 0.0435. The molecular weight excluding hydrogens is 418 g/mol. The second-order valence-corrected chi connectivity index (χ2v) is 6.69. The van der Waals surface area contributed by atoms with Crippen LogP contribution < -0.4 is 69.3 Å². The minimum Gasteiger partial charge on any atom is -0.872 e. The zero-order valence-corrected chi connectivity index (χ0v) is 21.0. The van der Waals surface area contributed by atoms with Crippen LogP contribution in [0, 0.1) is 0 Å². The van der Waals surface area contributed by atoms with Gasteiger partial charge in [0.2, 0.25) is 0 Å². The number of carboxylic acids is 2. The number of fused-ring (bicyclic) bond motifs is 2. The quantitative estimate of drug-likeness (QED) is 0.335. The molecule has 0 atom stereocenters. The fourth-order valence-corrected chi connectivity index (χ4v) is 3.73. The van der Waals surface area contributed by atoms with Crippen LogP contribution in [-0.2, 0) is 6.42 Å². The van der Waals surface area contributed by atoms with Crippen LogP contribution in [0.25, 0.3) is 21.5 Å². The van der Waals surface area contributed by atoms with Gasteiger partial charge in [0.15, 0.2) is 0 Å². The normalized spacial score (nSPS) is 10.3. The van der Waals surface area contributed by atoms with Crippen molar-refractivity contribution in [1.82, 2.24) is 0 Å². The number of hydrogen-bond acceptors (Lipinski definition) is 4. The maximum absolute atomic E-state index is 12.9. The van der Waals surface area contributed by atoms with E-state index in [1.165, 1.54) is 12.1 Å². The van der Waals surface area contributed by atoms with Crippen molar-refractivity contribution in [3.63, 3.8) is 0 Å².